The van der Waals surface area contributed by atoms with Crippen LogP contribution in [0.5, 0.6) is 0 Å². The average Bonchev–Trinajstić information content (AvgIpc) is 2.16. The van der Waals surface area contributed by atoms with Crippen LogP contribution in [0.15, 0.2) is 0 Å². The molecule has 0 bridgehead atoms. The lowest BCUT2D eigenvalue weighted by Crippen LogP contribution is -2.12. The highest BCUT2D eigenvalue weighted by Gasteiger charge is 2.03. The van der Waals surface area contributed by atoms with Gasteiger partial charge in [0.25, 0.3) is 0 Å². The van der Waals surface area contributed by atoms with Crippen LogP contribution in [0.4, 0.5) is 0 Å². The smallest absolute Gasteiger partial charge is 0.132 e. The summed E-state index contributed by atoms with van der Waals surface area (Å²) in [4.78, 5) is 20.5. The van der Waals surface area contributed by atoms with Crippen molar-refractivity contribution in [3.8, 4) is 0 Å². The Morgan fingerprint density at radius 2 is 1.62 bits per heavy atom. The standard InChI is InChI=1S/2C5H10O2S/c1-4(6)2-5(7)3-8;1-4(7)2-5(8)3-6/h5,7-8H,2-3H2,1H3;5-6,8H,2-3H2,1H3. The van der Waals surface area contributed by atoms with Gasteiger partial charge in [0, 0.05) is 23.8 Å². The highest BCUT2D eigenvalue weighted by Crippen LogP contribution is 1.98. The summed E-state index contributed by atoms with van der Waals surface area (Å²) >= 11 is 7.69. The van der Waals surface area contributed by atoms with Crippen molar-refractivity contribution in [2.45, 2.75) is 38.0 Å². The Hall–Kier alpha value is -0.0400. The van der Waals surface area contributed by atoms with E-state index in [4.69, 9.17) is 10.2 Å². The zero-order valence-corrected chi connectivity index (χ0v) is 11.4. The molecule has 0 spiro atoms. The van der Waals surface area contributed by atoms with Gasteiger partial charge < -0.3 is 10.2 Å². The molecule has 0 aromatic carbocycles. The molecule has 0 rings (SSSR count). The Balaban J connectivity index is 0. The van der Waals surface area contributed by atoms with E-state index >= 15 is 0 Å². The molecule has 0 aromatic heterocycles. The molecular formula is C10H20O4S2. The second-order valence-electron chi connectivity index (χ2n) is 3.49. The molecule has 0 saturated carbocycles. The van der Waals surface area contributed by atoms with Gasteiger partial charge in [-0.25, -0.2) is 0 Å². The molecule has 0 amide bonds. The van der Waals surface area contributed by atoms with Crippen LogP contribution < -0.4 is 0 Å². The van der Waals surface area contributed by atoms with E-state index < -0.39 is 6.10 Å². The van der Waals surface area contributed by atoms with Crippen LogP contribution in [0, 0.1) is 0 Å². The van der Waals surface area contributed by atoms with Gasteiger partial charge in [0.2, 0.25) is 0 Å². The molecule has 0 aliphatic heterocycles. The van der Waals surface area contributed by atoms with Gasteiger partial charge in [-0.3, -0.25) is 9.59 Å². The average molecular weight is 268 g/mol. The number of Topliss-reactive ketones (excluding diaryl/α,β-unsaturated/α-hetero) is 2. The number of ketones is 2. The summed E-state index contributed by atoms with van der Waals surface area (Å²) in [5.41, 5.74) is 0. The Labute approximate surface area is 107 Å². The second-order valence-corrected chi connectivity index (χ2v) is 4.58. The second kappa shape index (κ2) is 11.4. The summed E-state index contributed by atoms with van der Waals surface area (Å²) < 4.78 is 0. The Morgan fingerprint density at radius 3 is 1.75 bits per heavy atom. The maximum atomic E-state index is 10.3. The number of aliphatic hydroxyl groups is 2. The van der Waals surface area contributed by atoms with Gasteiger partial charge in [-0.05, 0) is 13.8 Å². The van der Waals surface area contributed by atoms with E-state index in [0.717, 1.165) is 0 Å². The van der Waals surface area contributed by atoms with Gasteiger partial charge >= 0.3 is 0 Å². The van der Waals surface area contributed by atoms with E-state index in [9.17, 15) is 9.59 Å². The first-order chi connectivity index (χ1) is 7.33. The SMILES string of the molecule is CC(=O)CC(O)CS.CC(=O)CC(S)CO. The summed E-state index contributed by atoms with van der Waals surface area (Å²) in [7, 11) is 0. The van der Waals surface area contributed by atoms with E-state index in [1.807, 2.05) is 0 Å². The quantitative estimate of drug-likeness (QED) is 0.530. The zero-order chi connectivity index (χ0) is 13.1. The van der Waals surface area contributed by atoms with E-state index in [2.05, 4.69) is 25.3 Å². The van der Waals surface area contributed by atoms with Gasteiger partial charge in [-0.15, -0.1) is 0 Å². The molecule has 16 heavy (non-hydrogen) atoms. The first kappa shape index (κ1) is 18.3. The largest absolute Gasteiger partial charge is 0.395 e. The number of hydrogen-bond acceptors (Lipinski definition) is 6. The molecule has 0 radical (unpaired) electrons. The third-order valence-electron chi connectivity index (χ3n) is 1.47. The molecule has 0 saturated heterocycles. The summed E-state index contributed by atoms with van der Waals surface area (Å²) in [6, 6.07) is 0. The molecular weight excluding hydrogens is 248 g/mol. The minimum Gasteiger partial charge on any atom is -0.395 e. The van der Waals surface area contributed by atoms with Crippen molar-refractivity contribution < 1.29 is 19.8 Å². The fraction of sp³-hybridized carbons (Fsp3) is 0.800. The minimum atomic E-state index is -0.559. The third-order valence-corrected chi connectivity index (χ3v) is 2.24. The predicted octanol–water partition coefficient (Wildman–Crippen LogP) is 0.512. The Morgan fingerprint density at radius 1 is 1.19 bits per heavy atom. The van der Waals surface area contributed by atoms with Crippen LogP contribution in [-0.4, -0.2) is 45.5 Å². The molecule has 0 heterocycles. The topological polar surface area (TPSA) is 74.6 Å². The molecule has 2 unspecified atom stereocenters. The van der Waals surface area contributed by atoms with Gasteiger partial charge in [-0.2, -0.15) is 25.3 Å². The lowest BCUT2D eigenvalue weighted by Gasteiger charge is -2.00. The minimum absolute atomic E-state index is 0.00606. The van der Waals surface area contributed by atoms with Crippen LogP contribution in [0.2, 0.25) is 0 Å². The van der Waals surface area contributed by atoms with E-state index in [-0.39, 0.29) is 29.8 Å². The van der Waals surface area contributed by atoms with Gasteiger partial charge in [0.05, 0.1) is 12.7 Å². The summed E-state index contributed by atoms with van der Waals surface area (Å²) in [5, 5.41) is 16.9. The number of hydrogen-bond donors (Lipinski definition) is 4. The predicted molar refractivity (Wildman–Crippen MR) is 70.3 cm³/mol. The highest BCUT2D eigenvalue weighted by atomic mass is 32.1. The summed E-state index contributed by atoms with van der Waals surface area (Å²) in [6.07, 6.45) is 0.0270. The number of carbonyl (C=O) groups is 2. The Bertz CT molecular complexity index is 187. The van der Waals surface area contributed by atoms with Crippen molar-refractivity contribution in [2.24, 2.45) is 0 Å². The highest BCUT2D eigenvalue weighted by molar-refractivity contribution is 7.81. The molecule has 0 aliphatic rings. The normalized spacial score (nSPS) is 13.4. The van der Waals surface area contributed by atoms with Crippen molar-refractivity contribution in [1.29, 1.82) is 0 Å². The first-order valence-corrected chi connectivity index (χ1v) is 6.05. The molecule has 2 N–H and O–H groups in total. The summed E-state index contributed by atoms with van der Waals surface area (Å²) in [6.45, 7) is 2.91. The number of thiol groups is 2. The molecule has 0 fully saturated rings. The van der Waals surface area contributed by atoms with E-state index in [0.29, 0.717) is 12.2 Å². The van der Waals surface area contributed by atoms with Crippen molar-refractivity contribution in [1.82, 2.24) is 0 Å². The zero-order valence-electron chi connectivity index (χ0n) is 9.59. The lowest BCUT2D eigenvalue weighted by molar-refractivity contribution is -0.118. The maximum Gasteiger partial charge on any atom is 0.132 e. The van der Waals surface area contributed by atoms with Gasteiger partial charge in [-0.1, -0.05) is 0 Å². The maximum absolute atomic E-state index is 10.3. The van der Waals surface area contributed by atoms with Crippen LogP contribution in [0.3, 0.4) is 0 Å². The van der Waals surface area contributed by atoms with Crippen molar-refractivity contribution >= 4 is 36.8 Å². The molecule has 2 atom stereocenters. The third kappa shape index (κ3) is 16.4. The number of carbonyl (C=O) groups excluding carboxylic acids is 2. The van der Waals surface area contributed by atoms with Crippen LogP contribution in [0.25, 0.3) is 0 Å². The van der Waals surface area contributed by atoms with Crippen molar-refractivity contribution in [2.75, 3.05) is 12.4 Å². The van der Waals surface area contributed by atoms with Gasteiger partial charge in [0.15, 0.2) is 0 Å². The molecule has 4 nitrogen and oxygen atoms in total. The van der Waals surface area contributed by atoms with E-state index in [1.165, 1.54) is 13.8 Å². The fourth-order valence-electron chi connectivity index (χ4n) is 0.793. The molecule has 0 aromatic rings. The van der Waals surface area contributed by atoms with Crippen LogP contribution >= 0.6 is 25.3 Å². The summed E-state index contributed by atoms with van der Waals surface area (Å²) in [5.74, 6) is 0.435. The fourth-order valence-corrected chi connectivity index (χ4v) is 1.18. The number of aliphatic hydroxyl groups excluding tert-OH is 2. The van der Waals surface area contributed by atoms with E-state index in [1.54, 1.807) is 0 Å². The van der Waals surface area contributed by atoms with Gasteiger partial charge in [0.1, 0.15) is 11.6 Å². The molecule has 96 valence electrons. The molecule has 0 aliphatic carbocycles. The van der Waals surface area contributed by atoms with Crippen molar-refractivity contribution in [3.63, 3.8) is 0 Å². The van der Waals surface area contributed by atoms with Crippen molar-refractivity contribution in [3.05, 3.63) is 0 Å². The van der Waals surface area contributed by atoms with Crippen LogP contribution in [0.1, 0.15) is 26.7 Å². The first-order valence-electron chi connectivity index (χ1n) is 4.90. The lowest BCUT2D eigenvalue weighted by atomic mass is 10.2. The molecule has 6 heteroatoms. The Kier molecular flexibility index (Phi) is 13.1. The monoisotopic (exact) mass is 268 g/mol. The number of rotatable bonds is 6. The van der Waals surface area contributed by atoms with Crippen LogP contribution in [-0.2, 0) is 9.59 Å².